The Balaban J connectivity index is 1.34. The smallest absolute Gasteiger partial charge is 0.244 e. The molecule has 166 valence electrons. The van der Waals surface area contributed by atoms with Gasteiger partial charge in [-0.05, 0) is 42.8 Å². The van der Waals surface area contributed by atoms with E-state index in [1.54, 1.807) is 0 Å². The van der Waals surface area contributed by atoms with E-state index < -0.39 is 27.5 Å². The summed E-state index contributed by atoms with van der Waals surface area (Å²) in [5.74, 6) is -0.00326. The Morgan fingerprint density at radius 3 is 2.72 bits per heavy atom. The van der Waals surface area contributed by atoms with E-state index in [4.69, 9.17) is 8.94 Å². The van der Waals surface area contributed by atoms with Crippen LogP contribution in [0.5, 0.6) is 0 Å². The number of rotatable bonds is 6. The molecule has 1 aliphatic rings. The maximum atomic E-state index is 13.1. The van der Waals surface area contributed by atoms with Crippen LogP contribution in [0, 0.1) is 5.82 Å². The van der Waals surface area contributed by atoms with Crippen LogP contribution in [0.15, 0.2) is 68.4 Å². The molecule has 32 heavy (non-hydrogen) atoms. The van der Waals surface area contributed by atoms with Gasteiger partial charge in [-0.2, -0.15) is 4.98 Å². The van der Waals surface area contributed by atoms with Crippen LogP contribution in [0.25, 0.3) is 11.0 Å². The lowest BCUT2D eigenvalue weighted by atomic mass is 10.2. The molecule has 2 atom stereocenters. The van der Waals surface area contributed by atoms with E-state index in [1.165, 1.54) is 12.1 Å². The highest BCUT2D eigenvalue weighted by atomic mass is 32.2. The first-order valence-corrected chi connectivity index (χ1v) is 11.7. The fraction of sp³-hybridized carbons (Fsp3) is 0.273. The number of sulfone groups is 1. The third-order valence-corrected chi connectivity index (χ3v) is 7.11. The summed E-state index contributed by atoms with van der Waals surface area (Å²) < 4.78 is 49.5. The minimum atomic E-state index is -3.76. The molecular formula is C22H20FN3O5S. The normalized spacial score (nSPS) is 19.7. The highest BCUT2D eigenvalue weighted by Gasteiger charge is 2.36. The summed E-state index contributed by atoms with van der Waals surface area (Å²) in [4.78, 5) is 6.22. The molecule has 8 nitrogen and oxygen atoms in total. The van der Waals surface area contributed by atoms with Crippen LogP contribution >= 0.6 is 0 Å². The molecule has 0 bridgehead atoms. The number of para-hydroxylation sites is 1. The minimum absolute atomic E-state index is 0.00871. The number of hydrogen-bond donors (Lipinski definition) is 1. The van der Waals surface area contributed by atoms with Gasteiger partial charge in [-0.15, -0.1) is 0 Å². The third-order valence-electron chi connectivity index (χ3n) is 5.48. The molecule has 1 fully saturated rings. The second kappa shape index (κ2) is 8.12. The number of furan rings is 1. The Morgan fingerprint density at radius 1 is 1.16 bits per heavy atom. The maximum absolute atomic E-state index is 13.1. The summed E-state index contributed by atoms with van der Waals surface area (Å²) in [6, 6.07) is 13.9. The van der Waals surface area contributed by atoms with Gasteiger partial charge in [0.2, 0.25) is 5.89 Å². The first-order valence-electron chi connectivity index (χ1n) is 10.1. The number of halogens is 1. The number of likely N-dealkylation sites (tertiary alicyclic amines) is 1. The molecule has 0 amide bonds. The van der Waals surface area contributed by atoms with Gasteiger partial charge < -0.3 is 14.0 Å². The van der Waals surface area contributed by atoms with Crippen molar-refractivity contribution in [1.82, 2.24) is 15.0 Å². The van der Waals surface area contributed by atoms with Gasteiger partial charge >= 0.3 is 0 Å². The van der Waals surface area contributed by atoms with Crippen molar-refractivity contribution in [2.75, 3.05) is 6.54 Å². The van der Waals surface area contributed by atoms with Gasteiger partial charge in [0, 0.05) is 11.9 Å². The predicted octanol–water partition coefficient (Wildman–Crippen LogP) is 3.24. The highest BCUT2D eigenvalue weighted by Crippen LogP contribution is 2.33. The van der Waals surface area contributed by atoms with Crippen molar-refractivity contribution >= 4 is 20.8 Å². The van der Waals surface area contributed by atoms with Crippen molar-refractivity contribution in [3.8, 4) is 0 Å². The van der Waals surface area contributed by atoms with Gasteiger partial charge in [0.05, 0.1) is 23.6 Å². The maximum Gasteiger partial charge on any atom is 0.244 e. The molecule has 10 heteroatoms. The number of hydrogen-bond acceptors (Lipinski definition) is 8. The second-order valence-electron chi connectivity index (χ2n) is 7.85. The van der Waals surface area contributed by atoms with Crippen LogP contribution in [0.4, 0.5) is 4.39 Å². The molecule has 4 aromatic rings. The Bertz CT molecular complexity index is 1320. The monoisotopic (exact) mass is 457 g/mol. The summed E-state index contributed by atoms with van der Waals surface area (Å²) in [6.45, 7) is 0.829. The third kappa shape index (κ3) is 4.16. The molecule has 0 saturated carbocycles. The van der Waals surface area contributed by atoms with Crippen molar-refractivity contribution < 1.29 is 26.9 Å². The van der Waals surface area contributed by atoms with Gasteiger partial charge in [0.1, 0.15) is 22.9 Å². The zero-order valence-electron chi connectivity index (χ0n) is 16.9. The van der Waals surface area contributed by atoms with E-state index in [0.717, 1.165) is 28.9 Å². The molecule has 0 aliphatic carbocycles. The van der Waals surface area contributed by atoms with E-state index >= 15 is 0 Å². The van der Waals surface area contributed by atoms with Gasteiger partial charge in [0.25, 0.3) is 0 Å². The van der Waals surface area contributed by atoms with Crippen molar-refractivity contribution in [1.29, 1.82) is 0 Å². The Labute approximate surface area is 183 Å². The first-order chi connectivity index (χ1) is 15.4. The molecule has 2 aromatic heterocycles. The zero-order valence-corrected chi connectivity index (χ0v) is 17.7. The van der Waals surface area contributed by atoms with Crippen LogP contribution < -0.4 is 0 Å². The zero-order chi connectivity index (χ0) is 22.3. The topological polar surface area (TPSA) is 110 Å². The average molecular weight is 457 g/mol. The SMILES string of the molecule is O=S(=O)(Cc1noc([C@@H]2C[C@@H](O)CN2Cc2cc3ccccc3o2)n1)c1ccc(F)cc1. The molecule has 1 aliphatic heterocycles. The van der Waals surface area contributed by atoms with Crippen LogP contribution in [0.2, 0.25) is 0 Å². The molecule has 2 aromatic carbocycles. The number of fused-ring (bicyclic) bond motifs is 1. The second-order valence-corrected chi connectivity index (χ2v) is 9.84. The molecule has 0 radical (unpaired) electrons. The quantitative estimate of drug-likeness (QED) is 0.440. The van der Waals surface area contributed by atoms with Gasteiger partial charge in [-0.1, -0.05) is 23.4 Å². The fourth-order valence-corrected chi connectivity index (χ4v) is 5.16. The van der Waals surface area contributed by atoms with Crippen molar-refractivity contribution in [2.45, 2.75) is 35.8 Å². The summed E-state index contributed by atoms with van der Waals surface area (Å²) in [6.07, 6.45) is -0.199. The van der Waals surface area contributed by atoms with Crippen molar-refractivity contribution in [3.05, 3.63) is 77.9 Å². The highest BCUT2D eigenvalue weighted by molar-refractivity contribution is 7.90. The summed E-state index contributed by atoms with van der Waals surface area (Å²) in [5, 5.41) is 15.0. The lowest BCUT2D eigenvalue weighted by molar-refractivity contribution is 0.164. The summed E-state index contributed by atoms with van der Waals surface area (Å²) in [5.41, 5.74) is 0.782. The van der Waals surface area contributed by atoms with Gasteiger partial charge in [-0.3, -0.25) is 4.90 Å². The number of β-amino-alcohol motifs (C(OH)–C–C–N with tert-alkyl or cyclic N) is 1. The van der Waals surface area contributed by atoms with E-state index in [-0.39, 0.29) is 22.7 Å². The van der Waals surface area contributed by atoms with Crippen molar-refractivity contribution in [2.24, 2.45) is 0 Å². The number of nitrogens with zero attached hydrogens (tertiary/aromatic N) is 3. The van der Waals surface area contributed by atoms with Crippen LogP contribution in [-0.4, -0.2) is 41.2 Å². The van der Waals surface area contributed by atoms with Crippen LogP contribution in [-0.2, 0) is 22.1 Å². The summed E-state index contributed by atoms with van der Waals surface area (Å²) >= 11 is 0. The minimum Gasteiger partial charge on any atom is -0.460 e. The molecule has 0 spiro atoms. The number of aliphatic hydroxyl groups is 1. The largest absolute Gasteiger partial charge is 0.460 e. The van der Waals surface area contributed by atoms with Crippen LogP contribution in [0.1, 0.15) is 29.9 Å². The number of aromatic nitrogens is 2. The molecule has 1 N–H and O–H groups in total. The van der Waals surface area contributed by atoms with Gasteiger partial charge in [0.15, 0.2) is 15.7 Å². The number of benzene rings is 2. The molecule has 5 rings (SSSR count). The van der Waals surface area contributed by atoms with Crippen molar-refractivity contribution in [3.63, 3.8) is 0 Å². The standard InChI is InChI=1S/C22H20FN3O5S/c23-15-5-7-18(8-6-15)32(28,29)13-21-24-22(31-25-21)19-10-16(27)11-26(19)12-17-9-14-3-1-2-4-20(14)30-17/h1-9,16,19,27H,10-13H2/t16-,19+/m1/s1. The fourth-order valence-electron chi connectivity index (χ4n) is 3.98. The Morgan fingerprint density at radius 2 is 1.94 bits per heavy atom. The predicted molar refractivity (Wildman–Crippen MR) is 112 cm³/mol. The van der Waals surface area contributed by atoms with E-state index in [0.29, 0.717) is 19.5 Å². The Hall–Kier alpha value is -3.08. The van der Waals surface area contributed by atoms with Crippen LogP contribution in [0.3, 0.4) is 0 Å². The van der Waals surface area contributed by atoms with E-state index in [9.17, 15) is 17.9 Å². The number of aliphatic hydroxyl groups excluding tert-OH is 1. The lowest BCUT2D eigenvalue weighted by Gasteiger charge is -2.19. The summed E-state index contributed by atoms with van der Waals surface area (Å²) in [7, 11) is -3.76. The molecular weight excluding hydrogens is 437 g/mol. The molecule has 3 heterocycles. The van der Waals surface area contributed by atoms with E-state index in [2.05, 4.69) is 10.1 Å². The van der Waals surface area contributed by atoms with Gasteiger partial charge in [-0.25, -0.2) is 12.8 Å². The molecule has 1 saturated heterocycles. The Kier molecular flexibility index (Phi) is 5.28. The lowest BCUT2D eigenvalue weighted by Crippen LogP contribution is -2.24. The average Bonchev–Trinajstić information content (AvgIpc) is 3.46. The van der Waals surface area contributed by atoms with E-state index in [1.807, 2.05) is 35.2 Å². The first kappa shape index (κ1) is 20.8. The molecule has 0 unspecified atom stereocenters.